The summed E-state index contributed by atoms with van der Waals surface area (Å²) in [6, 6.07) is 17.4. The van der Waals surface area contributed by atoms with E-state index in [1.54, 1.807) is 4.90 Å². The van der Waals surface area contributed by atoms with Crippen molar-refractivity contribution in [2.75, 3.05) is 18.0 Å². The van der Waals surface area contributed by atoms with E-state index in [0.29, 0.717) is 31.9 Å². The second-order valence-electron chi connectivity index (χ2n) is 11.4. The number of alkyl halides is 2. The number of halogens is 2. The SMILES string of the molecule is Cc1ccc(COc2ccc3nc([C@@H]4CCCC[C@@H]4C(=O)O)n(Cc4ccc(N5CCC(F)(F)C5)cc4)c3c2)nc1. The molecule has 0 amide bonds. The van der Waals surface area contributed by atoms with Gasteiger partial charge in [-0.2, -0.15) is 0 Å². The molecule has 4 aromatic rings. The zero-order chi connectivity index (χ0) is 28.6. The summed E-state index contributed by atoms with van der Waals surface area (Å²) >= 11 is 0. The molecule has 6 rings (SSSR count). The summed E-state index contributed by atoms with van der Waals surface area (Å²) in [6.07, 6.45) is 4.95. The van der Waals surface area contributed by atoms with Crippen molar-refractivity contribution in [3.8, 4) is 5.75 Å². The van der Waals surface area contributed by atoms with Gasteiger partial charge in [-0.05, 0) is 61.2 Å². The van der Waals surface area contributed by atoms with Gasteiger partial charge >= 0.3 is 5.97 Å². The van der Waals surface area contributed by atoms with Crippen molar-refractivity contribution in [1.29, 1.82) is 0 Å². The van der Waals surface area contributed by atoms with Crippen LogP contribution in [0.15, 0.2) is 60.8 Å². The van der Waals surface area contributed by atoms with Gasteiger partial charge in [-0.1, -0.05) is 31.0 Å². The normalized spacial score (nSPS) is 20.4. The van der Waals surface area contributed by atoms with Crippen LogP contribution >= 0.6 is 0 Å². The smallest absolute Gasteiger partial charge is 0.307 e. The number of benzene rings is 2. The first-order valence-electron chi connectivity index (χ1n) is 14.2. The predicted octanol–water partition coefficient (Wildman–Crippen LogP) is 6.57. The Morgan fingerprint density at radius 2 is 1.90 bits per heavy atom. The van der Waals surface area contributed by atoms with Gasteiger partial charge in [-0.15, -0.1) is 0 Å². The van der Waals surface area contributed by atoms with E-state index < -0.39 is 17.8 Å². The summed E-state index contributed by atoms with van der Waals surface area (Å²) in [5, 5.41) is 10.0. The first kappa shape index (κ1) is 27.2. The maximum Gasteiger partial charge on any atom is 0.307 e. The molecule has 1 aliphatic carbocycles. The number of imidazole rings is 1. The van der Waals surface area contributed by atoms with Gasteiger partial charge in [0.05, 0.1) is 29.2 Å². The number of carboxylic acids is 1. The molecule has 2 aromatic heterocycles. The molecule has 214 valence electrons. The van der Waals surface area contributed by atoms with E-state index in [2.05, 4.69) is 9.55 Å². The van der Waals surface area contributed by atoms with Crippen molar-refractivity contribution in [2.24, 2.45) is 5.92 Å². The van der Waals surface area contributed by atoms with Crippen molar-refractivity contribution in [3.05, 3.63) is 83.4 Å². The number of fused-ring (bicyclic) bond motifs is 1. The maximum atomic E-state index is 13.8. The Hall–Kier alpha value is -4.01. The fourth-order valence-electron chi connectivity index (χ4n) is 6.09. The number of carbonyl (C=O) groups is 1. The monoisotopic (exact) mass is 560 g/mol. The third-order valence-corrected chi connectivity index (χ3v) is 8.34. The lowest BCUT2D eigenvalue weighted by Crippen LogP contribution is -2.27. The van der Waals surface area contributed by atoms with E-state index in [0.717, 1.165) is 58.6 Å². The van der Waals surface area contributed by atoms with Crippen molar-refractivity contribution < 1.29 is 23.4 Å². The highest BCUT2D eigenvalue weighted by Gasteiger charge is 2.38. The van der Waals surface area contributed by atoms with Gasteiger partial charge in [0.15, 0.2) is 0 Å². The number of nitrogens with zero attached hydrogens (tertiary/aromatic N) is 4. The van der Waals surface area contributed by atoms with Crippen LogP contribution in [0.3, 0.4) is 0 Å². The average molecular weight is 561 g/mol. The quantitative estimate of drug-likeness (QED) is 0.263. The first-order valence-corrected chi connectivity index (χ1v) is 14.2. The predicted molar refractivity (Wildman–Crippen MR) is 153 cm³/mol. The van der Waals surface area contributed by atoms with Crippen LogP contribution in [0.2, 0.25) is 0 Å². The highest BCUT2D eigenvalue weighted by molar-refractivity contribution is 5.79. The third-order valence-electron chi connectivity index (χ3n) is 8.34. The molecule has 7 nitrogen and oxygen atoms in total. The van der Waals surface area contributed by atoms with Gasteiger partial charge in [0.1, 0.15) is 18.2 Å². The van der Waals surface area contributed by atoms with Crippen molar-refractivity contribution in [1.82, 2.24) is 14.5 Å². The Morgan fingerprint density at radius 3 is 2.61 bits per heavy atom. The Kier molecular flexibility index (Phi) is 7.36. The highest BCUT2D eigenvalue weighted by atomic mass is 19.3. The molecule has 1 N–H and O–H groups in total. The maximum absolute atomic E-state index is 13.8. The highest BCUT2D eigenvalue weighted by Crippen LogP contribution is 2.40. The van der Waals surface area contributed by atoms with E-state index in [1.807, 2.05) is 67.7 Å². The van der Waals surface area contributed by atoms with Crippen LogP contribution in [0.25, 0.3) is 11.0 Å². The van der Waals surface area contributed by atoms with Crippen LogP contribution < -0.4 is 9.64 Å². The molecule has 9 heteroatoms. The lowest BCUT2D eigenvalue weighted by Gasteiger charge is -2.28. The van der Waals surface area contributed by atoms with Crippen LogP contribution in [0.1, 0.15) is 60.7 Å². The molecular weight excluding hydrogens is 526 g/mol. The van der Waals surface area contributed by atoms with E-state index in [4.69, 9.17) is 9.72 Å². The van der Waals surface area contributed by atoms with Crippen LogP contribution in [-0.2, 0) is 17.9 Å². The van der Waals surface area contributed by atoms with Crippen LogP contribution in [-0.4, -0.2) is 44.6 Å². The minimum atomic E-state index is -2.65. The van der Waals surface area contributed by atoms with E-state index >= 15 is 0 Å². The molecule has 41 heavy (non-hydrogen) atoms. The molecule has 0 unspecified atom stereocenters. The fraction of sp³-hybridized carbons (Fsp3) is 0.406. The number of carboxylic acid groups (broad SMARTS) is 1. The zero-order valence-corrected chi connectivity index (χ0v) is 23.1. The molecule has 0 radical (unpaired) electrons. The van der Waals surface area contributed by atoms with Gasteiger partial charge in [0.2, 0.25) is 0 Å². The molecule has 1 saturated carbocycles. The molecule has 2 fully saturated rings. The number of pyridine rings is 1. The Balaban J connectivity index is 1.32. The van der Waals surface area contributed by atoms with Crippen LogP contribution in [0.5, 0.6) is 5.75 Å². The molecule has 2 aliphatic rings. The van der Waals surface area contributed by atoms with E-state index in [9.17, 15) is 18.7 Å². The second-order valence-corrected chi connectivity index (χ2v) is 11.4. The van der Waals surface area contributed by atoms with Crippen LogP contribution in [0, 0.1) is 12.8 Å². The molecule has 3 heterocycles. The zero-order valence-electron chi connectivity index (χ0n) is 23.1. The topological polar surface area (TPSA) is 80.5 Å². The summed E-state index contributed by atoms with van der Waals surface area (Å²) in [6.45, 7) is 2.87. The minimum Gasteiger partial charge on any atom is -0.487 e. The lowest BCUT2D eigenvalue weighted by molar-refractivity contribution is -0.143. The minimum absolute atomic E-state index is 0.129. The molecule has 1 aliphatic heterocycles. The summed E-state index contributed by atoms with van der Waals surface area (Å²) in [4.78, 5) is 23.3. The molecule has 0 spiro atoms. The number of anilines is 1. The van der Waals surface area contributed by atoms with Crippen molar-refractivity contribution in [2.45, 2.75) is 64.0 Å². The summed E-state index contributed by atoms with van der Waals surface area (Å²) < 4.78 is 35.7. The third kappa shape index (κ3) is 5.89. The van der Waals surface area contributed by atoms with E-state index in [1.165, 1.54) is 0 Å². The molecule has 2 atom stereocenters. The standard InChI is InChI=1S/C32H34F2N4O3/c1-21-6-9-23(35-17-21)19-41-25-12-13-28-29(16-25)38(30(36-28)26-4-2-3-5-27(26)31(39)40)18-22-7-10-24(11-8-22)37-15-14-32(33,34)20-37/h6-13,16-17,26-27H,2-5,14-15,18-20H2,1H3,(H,39,40)/t26-,27+/m1/s1. The summed E-state index contributed by atoms with van der Waals surface area (Å²) in [7, 11) is 0. The van der Waals surface area contributed by atoms with Gasteiger partial charge in [-0.3, -0.25) is 9.78 Å². The van der Waals surface area contributed by atoms with Crippen LogP contribution in [0.4, 0.5) is 14.5 Å². The molecule has 1 saturated heterocycles. The van der Waals surface area contributed by atoms with Gasteiger partial charge in [0, 0.05) is 43.4 Å². The first-order chi connectivity index (χ1) is 19.8. The Labute approximate surface area is 237 Å². The fourth-order valence-corrected chi connectivity index (χ4v) is 6.09. The van der Waals surface area contributed by atoms with Crippen molar-refractivity contribution >= 4 is 22.7 Å². The summed E-state index contributed by atoms with van der Waals surface area (Å²) in [5.41, 5.74) is 5.32. The number of hydrogen-bond donors (Lipinski definition) is 1. The van der Waals surface area contributed by atoms with Gasteiger partial charge in [0.25, 0.3) is 5.92 Å². The number of aromatic nitrogens is 3. The average Bonchev–Trinajstić information content (AvgIpc) is 3.52. The second kappa shape index (κ2) is 11.1. The molecular formula is C32H34F2N4O3. The van der Waals surface area contributed by atoms with Gasteiger partial charge < -0.3 is 19.3 Å². The largest absolute Gasteiger partial charge is 0.487 e. The Morgan fingerprint density at radius 1 is 1.10 bits per heavy atom. The summed E-state index contributed by atoms with van der Waals surface area (Å²) in [5.74, 6) is -2.67. The lowest BCUT2D eigenvalue weighted by atomic mass is 9.78. The number of hydrogen-bond acceptors (Lipinski definition) is 5. The number of aryl methyl sites for hydroxylation is 1. The Bertz CT molecular complexity index is 1540. The number of ether oxygens (including phenoxy) is 1. The van der Waals surface area contributed by atoms with Gasteiger partial charge in [-0.25, -0.2) is 13.8 Å². The molecule has 0 bridgehead atoms. The number of aliphatic carboxylic acids is 1. The molecule has 2 aromatic carbocycles. The van der Waals surface area contributed by atoms with Crippen molar-refractivity contribution in [3.63, 3.8) is 0 Å². The number of rotatable bonds is 8. The van der Waals surface area contributed by atoms with E-state index in [-0.39, 0.29) is 18.9 Å².